The number of aliphatic hydroxyl groups excluding tert-OH is 1. The summed E-state index contributed by atoms with van der Waals surface area (Å²) in [5.41, 5.74) is 0.744. The number of anilines is 1. The zero-order valence-corrected chi connectivity index (χ0v) is 12.6. The number of hydrogen-bond donors (Lipinski definition) is 3. The minimum atomic E-state index is -0.437. The molecule has 2 rings (SSSR count). The molecule has 1 heterocycles. The second kappa shape index (κ2) is 8.00. The number of rotatable bonds is 6. The highest BCUT2D eigenvalue weighted by Crippen LogP contribution is 2.15. The molecular weight excluding hydrogens is 268 g/mol. The maximum absolute atomic E-state index is 10.9. The molecule has 1 aliphatic rings. The van der Waals surface area contributed by atoms with Crippen molar-refractivity contribution in [1.29, 1.82) is 0 Å². The molecule has 0 radical (unpaired) electrons. The Hall–Kier alpha value is -1.59. The van der Waals surface area contributed by atoms with Gasteiger partial charge in [-0.3, -0.25) is 4.79 Å². The summed E-state index contributed by atoms with van der Waals surface area (Å²) in [7, 11) is 0. The lowest BCUT2D eigenvalue weighted by molar-refractivity contribution is -0.908. The molecule has 0 unspecified atom stereocenters. The number of ether oxygens (including phenoxy) is 1. The van der Waals surface area contributed by atoms with Gasteiger partial charge in [-0.15, -0.1) is 0 Å². The van der Waals surface area contributed by atoms with Gasteiger partial charge in [-0.25, -0.2) is 0 Å². The van der Waals surface area contributed by atoms with Gasteiger partial charge < -0.3 is 20.1 Å². The molecule has 0 aromatic heterocycles. The smallest absolute Gasteiger partial charge is 0.221 e. The van der Waals surface area contributed by atoms with Crippen molar-refractivity contribution in [3.63, 3.8) is 0 Å². The Kier molecular flexibility index (Phi) is 6.02. The minimum absolute atomic E-state index is 0.0939. The average molecular weight is 293 g/mol. The third-order valence-corrected chi connectivity index (χ3v) is 3.70. The topological polar surface area (TPSA) is 63.0 Å². The lowest BCUT2D eigenvalue weighted by atomic mass is 10.1. The van der Waals surface area contributed by atoms with Gasteiger partial charge in [0.25, 0.3) is 0 Å². The van der Waals surface area contributed by atoms with E-state index in [1.807, 2.05) is 0 Å². The van der Waals surface area contributed by atoms with Crippen LogP contribution in [-0.2, 0) is 4.79 Å². The van der Waals surface area contributed by atoms with E-state index in [1.165, 1.54) is 31.1 Å². The van der Waals surface area contributed by atoms with Crippen molar-refractivity contribution in [2.45, 2.75) is 32.3 Å². The van der Waals surface area contributed by atoms with Gasteiger partial charge in [-0.05, 0) is 43.5 Å². The molecule has 1 atom stereocenters. The van der Waals surface area contributed by atoms with Crippen LogP contribution in [0, 0.1) is 0 Å². The third-order valence-electron chi connectivity index (χ3n) is 3.70. The van der Waals surface area contributed by atoms with Gasteiger partial charge in [0.1, 0.15) is 25.0 Å². The predicted molar refractivity (Wildman–Crippen MR) is 81.7 cm³/mol. The zero-order chi connectivity index (χ0) is 15.1. The Morgan fingerprint density at radius 2 is 1.95 bits per heavy atom. The monoisotopic (exact) mass is 293 g/mol. The van der Waals surface area contributed by atoms with Crippen LogP contribution < -0.4 is 15.0 Å². The molecule has 5 nitrogen and oxygen atoms in total. The largest absolute Gasteiger partial charge is 0.491 e. The van der Waals surface area contributed by atoms with Gasteiger partial charge in [0.2, 0.25) is 5.91 Å². The van der Waals surface area contributed by atoms with Gasteiger partial charge >= 0.3 is 0 Å². The number of likely N-dealkylation sites (tertiary alicyclic amines) is 1. The van der Waals surface area contributed by atoms with Crippen molar-refractivity contribution in [2.24, 2.45) is 0 Å². The summed E-state index contributed by atoms with van der Waals surface area (Å²) in [6, 6.07) is 7.18. The first-order valence-electron chi connectivity index (χ1n) is 7.65. The van der Waals surface area contributed by atoms with E-state index in [2.05, 4.69) is 5.32 Å². The highest BCUT2D eigenvalue weighted by Gasteiger charge is 2.18. The molecule has 1 fully saturated rings. The number of amides is 1. The summed E-state index contributed by atoms with van der Waals surface area (Å²) in [6.45, 7) is 4.85. The van der Waals surface area contributed by atoms with Crippen LogP contribution in [0.3, 0.4) is 0 Å². The first kappa shape index (κ1) is 15.8. The van der Waals surface area contributed by atoms with Crippen LogP contribution in [0.5, 0.6) is 5.75 Å². The fraction of sp³-hybridized carbons (Fsp3) is 0.562. The summed E-state index contributed by atoms with van der Waals surface area (Å²) in [4.78, 5) is 12.4. The Bertz CT molecular complexity index is 441. The van der Waals surface area contributed by atoms with E-state index in [0.717, 1.165) is 25.3 Å². The molecule has 21 heavy (non-hydrogen) atoms. The van der Waals surface area contributed by atoms with Crippen LogP contribution in [0.4, 0.5) is 5.69 Å². The molecule has 0 spiro atoms. The fourth-order valence-corrected chi connectivity index (χ4v) is 2.68. The Morgan fingerprint density at radius 3 is 2.57 bits per heavy atom. The first-order chi connectivity index (χ1) is 10.1. The quantitative estimate of drug-likeness (QED) is 0.714. The van der Waals surface area contributed by atoms with Crippen LogP contribution in [-0.4, -0.2) is 43.4 Å². The predicted octanol–water partition coefficient (Wildman–Crippen LogP) is 0.453. The van der Waals surface area contributed by atoms with E-state index >= 15 is 0 Å². The normalized spacial score (nSPS) is 17.2. The van der Waals surface area contributed by atoms with Crippen molar-refractivity contribution < 1.29 is 19.5 Å². The van der Waals surface area contributed by atoms with E-state index in [-0.39, 0.29) is 5.91 Å². The standard InChI is InChI=1S/C16H24N2O3/c1-13(19)17-14-5-7-16(8-6-14)21-12-15(20)11-18-9-3-2-4-10-18/h5-8,15,20H,2-4,9-12H2,1H3,(H,17,19)/p+1/t15-/m0/s1. The van der Waals surface area contributed by atoms with Gasteiger partial charge in [0.05, 0.1) is 13.1 Å². The summed E-state index contributed by atoms with van der Waals surface area (Å²) >= 11 is 0. The van der Waals surface area contributed by atoms with Gasteiger partial charge in [0, 0.05) is 12.6 Å². The number of piperidine rings is 1. The number of carbonyl (C=O) groups is 1. The van der Waals surface area contributed by atoms with Crippen LogP contribution in [0.1, 0.15) is 26.2 Å². The van der Waals surface area contributed by atoms with Gasteiger partial charge in [0.15, 0.2) is 0 Å². The molecular formula is C16H25N2O3+. The zero-order valence-electron chi connectivity index (χ0n) is 12.6. The number of benzene rings is 1. The van der Waals surface area contributed by atoms with Crippen molar-refractivity contribution in [3.8, 4) is 5.75 Å². The summed E-state index contributed by atoms with van der Waals surface area (Å²) in [5, 5.41) is 12.7. The van der Waals surface area contributed by atoms with E-state index in [4.69, 9.17) is 4.74 Å². The number of hydrogen-bond acceptors (Lipinski definition) is 3. The Balaban J connectivity index is 1.72. The van der Waals surface area contributed by atoms with E-state index in [0.29, 0.717) is 12.4 Å². The van der Waals surface area contributed by atoms with Crippen LogP contribution >= 0.6 is 0 Å². The molecule has 1 aromatic carbocycles. The molecule has 0 bridgehead atoms. The molecule has 0 aliphatic carbocycles. The van der Waals surface area contributed by atoms with Gasteiger partial charge in [-0.1, -0.05) is 0 Å². The second-order valence-corrected chi connectivity index (χ2v) is 5.69. The molecule has 3 N–H and O–H groups in total. The lowest BCUT2D eigenvalue weighted by Gasteiger charge is -2.25. The van der Waals surface area contributed by atoms with Crippen molar-refractivity contribution in [1.82, 2.24) is 0 Å². The number of quaternary nitrogens is 1. The average Bonchev–Trinajstić information content (AvgIpc) is 2.47. The second-order valence-electron chi connectivity index (χ2n) is 5.69. The molecule has 1 aromatic rings. The number of nitrogens with one attached hydrogen (secondary N) is 2. The van der Waals surface area contributed by atoms with E-state index in [1.54, 1.807) is 24.3 Å². The molecule has 1 saturated heterocycles. The number of aliphatic hydroxyl groups is 1. The summed E-state index contributed by atoms with van der Waals surface area (Å²) in [5.74, 6) is 0.611. The van der Waals surface area contributed by atoms with Crippen LogP contribution in [0.2, 0.25) is 0 Å². The van der Waals surface area contributed by atoms with Crippen molar-refractivity contribution in [2.75, 3.05) is 31.6 Å². The third kappa shape index (κ3) is 5.73. The summed E-state index contributed by atoms with van der Waals surface area (Å²) < 4.78 is 5.59. The molecule has 0 saturated carbocycles. The summed E-state index contributed by atoms with van der Waals surface area (Å²) in [6.07, 6.45) is 3.39. The molecule has 1 aliphatic heterocycles. The van der Waals surface area contributed by atoms with Crippen molar-refractivity contribution >= 4 is 11.6 Å². The fourth-order valence-electron chi connectivity index (χ4n) is 2.68. The maximum atomic E-state index is 10.9. The van der Waals surface area contributed by atoms with Crippen LogP contribution in [0.25, 0.3) is 0 Å². The van der Waals surface area contributed by atoms with Crippen molar-refractivity contribution in [3.05, 3.63) is 24.3 Å². The lowest BCUT2D eigenvalue weighted by Crippen LogP contribution is -3.14. The Labute approximate surface area is 125 Å². The first-order valence-corrected chi connectivity index (χ1v) is 7.65. The van der Waals surface area contributed by atoms with E-state index < -0.39 is 6.10 Å². The van der Waals surface area contributed by atoms with E-state index in [9.17, 15) is 9.90 Å². The molecule has 1 amide bonds. The maximum Gasteiger partial charge on any atom is 0.221 e. The highest BCUT2D eigenvalue weighted by atomic mass is 16.5. The van der Waals surface area contributed by atoms with Crippen LogP contribution in [0.15, 0.2) is 24.3 Å². The SMILES string of the molecule is CC(=O)Nc1ccc(OC[C@@H](O)C[NH+]2CCCCC2)cc1. The highest BCUT2D eigenvalue weighted by molar-refractivity contribution is 5.88. The minimum Gasteiger partial charge on any atom is -0.491 e. The Morgan fingerprint density at radius 1 is 1.29 bits per heavy atom. The number of carbonyl (C=O) groups excluding carboxylic acids is 1. The van der Waals surface area contributed by atoms with Gasteiger partial charge in [-0.2, -0.15) is 0 Å². The molecule has 116 valence electrons. The molecule has 5 heteroatoms.